The van der Waals surface area contributed by atoms with Gasteiger partial charge in [-0.25, -0.2) is 13.2 Å². The first-order valence-corrected chi connectivity index (χ1v) is 7.22. The van der Waals surface area contributed by atoms with Crippen molar-refractivity contribution in [3.05, 3.63) is 68.4 Å². The zero-order chi connectivity index (χ0) is 14.9. The highest BCUT2D eigenvalue weighted by molar-refractivity contribution is 9.10. The molecule has 0 bridgehead atoms. The topological polar surface area (TPSA) is 0 Å². The quantitative estimate of drug-likeness (QED) is 0.447. The van der Waals surface area contributed by atoms with Gasteiger partial charge in [0.25, 0.3) is 0 Å². The summed E-state index contributed by atoms with van der Waals surface area (Å²) in [6, 6.07) is 6.04. The lowest BCUT2D eigenvalue weighted by Crippen LogP contribution is -2.03. The van der Waals surface area contributed by atoms with Gasteiger partial charge in [0.15, 0.2) is 0 Å². The third kappa shape index (κ3) is 3.30. The molecule has 2 aromatic carbocycles. The van der Waals surface area contributed by atoms with Crippen molar-refractivity contribution < 1.29 is 13.2 Å². The van der Waals surface area contributed by atoms with Gasteiger partial charge in [0.1, 0.15) is 17.5 Å². The Balaban J connectivity index is 2.33. The lowest BCUT2D eigenvalue weighted by molar-refractivity contribution is 0.548. The Morgan fingerprint density at radius 3 is 2.25 bits per heavy atom. The molecular weight excluding hydrogens is 376 g/mol. The van der Waals surface area contributed by atoms with Gasteiger partial charge >= 0.3 is 0 Å². The monoisotopic (exact) mass is 382 g/mol. The van der Waals surface area contributed by atoms with Crippen molar-refractivity contribution in [3.63, 3.8) is 0 Å². The molecule has 20 heavy (non-hydrogen) atoms. The minimum Gasteiger partial charge on any atom is -0.207 e. The second kappa shape index (κ2) is 6.37. The van der Waals surface area contributed by atoms with Crippen LogP contribution < -0.4 is 0 Å². The number of hydrogen-bond acceptors (Lipinski definition) is 0. The van der Waals surface area contributed by atoms with Crippen molar-refractivity contribution in [1.29, 1.82) is 0 Å². The second-order valence-corrected chi connectivity index (χ2v) is 5.95. The van der Waals surface area contributed by atoms with Gasteiger partial charge in [0.05, 0.1) is 10.4 Å². The van der Waals surface area contributed by atoms with Gasteiger partial charge in [-0.1, -0.05) is 17.7 Å². The Morgan fingerprint density at radius 2 is 1.65 bits per heavy atom. The minimum absolute atomic E-state index is 0.0996. The van der Waals surface area contributed by atoms with Crippen LogP contribution in [0.15, 0.2) is 34.8 Å². The molecule has 0 radical (unpaired) electrons. The van der Waals surface area contributed by atoms with Crippen LogP contribution in [0.2, 0.25) is 5.02 Å². The highest BCUT2D eigenvalue weighted by atomic mass is 79.9. The summed E-state index contributed by atoms with van der Waals surface area (Å²) in [5.74, 6) is -2.00. The van der Waals surface area contributed by atoms with Crippen molar-refractivity contribution in [2.24, 2.45) is 0 Å². The van der Waals surface area contributed by atoms with Crippen molar-refractivity contribution in [2.75, 3.05) is 0 Å². The summed E-state index contributed by atoms with van der Waals surface area (Å²) >= 11 is 15.0. The summed E-state index contributed by atoms with van der Waals surface area (Å²) in [5, 5.41) is -0.645. The van der Waals surface area contributed by atoms with E-state index in [-0.39, 0.29) is 22.6 Å². The molecule has 0 N–H and O–H groups in total. The molecule has 6 heteroatoms. The van der Waals surface area contributed by atoms with Crippen LogP contribution in [0.5, 0.6) is 0 Å². The van der Waals surface area contributed by atoms with Crippen LogP contribution in [0.1, 0.15) is 16.5 Å². The lowest BCUT2D eigenvalue weighted by Gasteiger charge is -2.13. The maximum absolute atomic E-state index is 13.8. The third-order valence-electron chi connectivity index (χ3n) is 2.82. The number of benzene rings is 2. The van der Waals surface area contributed by atoms with Crippen LogP contribution in [0.3, 0.4) is 0 Å². The average molecular weight is 384 g/mol. The summed E-state index contributed by atoms with van der Waals surface area (Å²) in [5.41, 5.74) is -0.0755. The average Bonchev–Trinajstić information content (AvgIpc) is 2.38. The second-order valence-electron chi connectivity index (χ2n) is 4.16. The highest BCUT2D eigenvalue weighted by Gasteiger charge is 2.19. The summed E-state index contributed by atoms with van der Waals surface area (Å²) in [4.78, 5) is 0. The molecule has 0 heterocycles. The molecule has 106 valence electrons. The SMILES string of the molecule is Fc1cc(Br)c(Cl)cc1C(Cl)Cc1c(F)cccc1F. The summed E-state index contributed by atoms with van der Waals surface area (Å²) in [6.07, 6.45) is -0.172. The molecule has 2 rings (SSSR count). The van der Waals surface area contributed by atoms with Gasteiger partial charge < -0.3 is 0 Å². The number of alkyl halides is 1. The largest absolute Gasteiger partial charge is 0.207 e. The van der Waals surface area contributed by atoms with Crippen molar-refractivity contribution in [3.8, 4) is 0 Å². The molecule has 0 aliphatic carbocycles. The van der Waals surface area contributed by atoms with Crippen LogP contribution >= 0.6 is 39.1 Å². The molecule has 0 aromatic heterocycles. The molecule has 1 unspecified atom stereocenters. The maximum atomic E-state index is 13.8. The molecule has 0 nitrogen and oxygen atoms in total. The van der Waals surface area contributed by atoms with Crippen molar-refractivity contribution in [1.82, 2.24) is 0 Å². The van der Waals surface area contributed by atoms with Crippen LogP contribution in [0.4, 0.5) is 13.2 Å². The summed E-state index contributed by atoms with van der Waals surface area (Å²) < 4.78 is 41.3. The fraction of sp³-hybridized carbons (Fsp3) is 0.143. The van der Waals surface area contributed by atoms with Crippen molar-refractivity contribution in [2.45, 2.75) is 11.8 Å². The van der Waals surface area contributed by atoms with Gasteiger partial charge in [-0.3, -0.25) is 0 Å². The molecule has 0 aliphatic rings. The van der Waals surface area contributed by atoms with E-state index in [1.165, 1.54) is 18.2 Å². The van der Waals surface area contributed by atoms with Gasteiger partial charge in [0, 0.05) is 15.6 Å². The van der Waals surface area contributed by atoms with E-state index in [9.17, 15) is 13.2 Å². The van der Waals surface area contributed by atoms with E-state index in [1.54, 1.807) is 0 Å². The van der Waals surface area contributed by atoms with Gasteiger partial charge in [-0.05, 0) is 46.6 Å². The van der Waals surface area contributed by atoms with E-state index in [0.29, 0.717) is 4.47 Å². The fourth-order valence-corrected chi connectivity index (χ4v) is 2.60. The first-order chi connectivity index (χ1) is 9.40. The molecule has 1 atom stereocenters. The van der Waals surface area contributed by atoms with E-state index in [1.807, 2.05) is 0 Å². The van der Waals surface area contributed by atoms with Crippen LogP contribution in [0.25, 0.3) is 0 Å². The van der Waals surface area contributed by atoms with Crippen LogP contribution in [0, 0.1) is 17.5 Å². The predicted octanol–water partition coefficient (Wildman–Crippen LogP) is 6.04. The zero-order valence-corrected chi connectivity index (χ0v) is 13.0. The molecular formula is C14H8BrCl2F3. The van der Waals surface area contributed by atoms with Crippen molar-refractivity contribution >= 4 is 39.1 Å². The van der Waals surface area contributed by atoms with Crippen LogP contribution in [-0.2, 0) is 6.42 Å². The maximum Gasteiger partial charge on any atom is 0.129 e. The van der Waals surface area contributed by atoms with Gasteiger partial charge in [0.2, 0.25) is 0 Å². The van der Waals surface area contributed by atoms with Gasteiger partial charge in [-0.15, -0.1) is 11.6 Å². The number of halogens is 6. The molecule has 0 spiro atoms. The lowest BCUT2D eigenvalue weighted by atomic mass is 10.0. The predicted molar refractivity (Wildman–Crippen MR) is 77.8 cm³/mol. The van der Waals surface area contributed by atoms with E-state index >= 15 is 0 Å². The molecule has 0 saturated carbocycles. The minimum atomic E-state index is -0.924. The highest BCUT2D eigenvalue weighted by Crippen LogP contribution is 2.34. The third-order valence-corrected chi connectivity index (χ3v) is 4.41. The van der Waals surface area contributed by atoms with Gasteiger partial charge in [-0.2, -0.15) is 0 Å². The molecule has 0 aliphatic heterocycles. The zero-order valence-electron chi connectivity index (χ0n) is 9.94. The summed E-state index contributed by atoms with van der Waals surface area (Å²) in [7, 11) is 0. The van der Waals surface area contributed by atoms with Crippen LogP contribution in [-0.4, -0.2) is 0 Å². The Morgan fingerprint density at radius 1 is 1.05 bits per heavy atom. The molecule has 0 saturated heterocycles. The fourth-order valence-electron chi connectivity index (χ4n) is 1.79. The first-order valence-electron chi connectivity index (χ1n) is 5.61. The Bertz CT molecular complexity index is 626. The Labute approximate surface area is 132 Å². The van der Waals surface area contributed by atoms with E-state index in [2.05, 4.69) is 15.9 Å². The Kier molecular flexibility index (Phi) is 4.99. The molecule has 2 aromatic rings. The number of hydrogen-bond donors (Lipinski definition) is 0. The summed E-state index contributed by atoms with van der Waals surface area (Å²) in [6.45, 7) is 0. The molecule has 0 fully saturated rings. The normalized spacial score (nSPS) is 12.5. The van der Waals surface area contributed by atoms with E-state index in [0.717, 1.165) is 12.1 Å². The van der Waals surface area contributed by atoms with E-state index < -0.39 is 22.8 Å². The molecule has 0 amide bonds. The number of rotatable bonds is 3. The standard InChI is InChI=1S/C14H8BrCl2F3/c15-9-6-14(20)7(4-11(9)17)10(16)5-8-12(18)2-1-3-13(8)19/h1-4,6,10H,5H2. The van der Waals surface area contributed by atoms with E-state index in [4.69, 9.17) is 23.2 Å². The Hall–Kier alpha value is -0.710. The first kappa shape index (κ1) is 15.7. The smallest absolute Gasteiger partial charge is 0.129 e.